The molecule has 3 aromatic rings. The number of rotatable bonds is 5. The number of carbonyl (C=O) groups is 1. The number of alkyl halides is 2. The summed E-state index contributed by atoms with van der Waals surface area (Å²) in [5.41, 5.74) is 0.915. The van der Waals surface area contributed by atoms with Gasteiger partial charge in [-0.1, -0.05) is 47.6 Å². The third kappa shape index (κ3) is 3.57. The number of carbonyl (C=O) groups excluding carboxylic acids is 1. The van der Waals surface area contributed by atoms with Crippen molar-refractivity contribution in [1.82, 2.24) is 5.16 Å². The number of hydrogen-bond donors (Lipinski definition) is 1. The van der Waals surface area contributed by atoms with Gasteiger partial charge in [0, 0.05) is 11.6 Å². The van der Waals surface area contributed by atoms with Gasteiger partial charge in [-0.15, -0.1) is 0 Å². The number of hydrogen-bond acceptors (Lipinski definition) is 4. The Kier molecular flexibility index (Phi) is 4.51. The Morgan fingerprint density at radius 1 is 1.08 bits per heavy atom. The number of nitrogens with zero attached hydrogens (tertiary/aromatic N) is 1. The number of nitrogens with one attached hydrogen (secondary N) is 1. The van der Waals surface area contributed by atoms with Crippen LogP contribution in [0.15, 0.2) is 65.2 Å². The topological polar surface area (TPSA) is 64.4 Å². The molecule has 3 rings (SSSR count). The molecule has 0 atom stereocenters. The average Bonchev–Trinajstić information content (AvgIpc) is 3.07. The molecule has 1 heterocycles. The summed E-state index contributed by atoms with van der Waals surface area (Å²) >= 11 is 0. The van der Waals surface area contributed by atoms with Crippen molar-refractivity contribution < 1.29 is 22.8 Å². The molecule has 0 radical (unpaired) electrons. The molecule has 0 aliphatic heterocycles. The van der Waals surface area contributed by atoms with Crippen molar-refractivity contribution in [3.63, 3.8) is 0 Å². The molecule has 0 saturated carbocycles. The van der Waals surface area contributed by atoms with Crippen LogP contribution in [0, 0.1) is 0 Å². The van der Waals surface area contributed by atoms with Crippen LogP contribution in [0.5, 0.6) is 5.75 Å². The van der Waals surface area contributed by atoms with Gasteiger partial charge in [0.25, 0.3) is 5.91 Å². The summed E-state index contributed by atoms with van der Waals surface area (Å²) in [4.78, 5) is 12.2. The van der Waals surface area contributed by atoms with Crippen LogP contribution in [-0.4, -0.2) is 17.7 Å². The highest BCUT2D eigenvalue weighted by atomic mass is 19.3. The lowest BCUT2D eigenvalue weighted by molar-refractivity contribution is -0.0493. The number of para-hydroxylation sites is 2. The Morgan fingerprint density at radius 2 is 1.79 bits per heavy atom. The lowest BCUT2D eigenvalue weighted by Crippen LogP contribution is -2.14. The van der Waals surface area contributed by atoms with Crippen LogP contribution in [0.25, 0.3) is 11.3 Å². The minimum absolute atomic E-state index is 0.0284. The predicted molar refractivity (Wildman–Crippen MR) is 83.0 cm³/mol. The first-order valence-corrected chi connectivity index (χ1v) is 7.01. The molecule has 0 aliphatic carbocycles. The van der Waals surface area contributed by atoms with Crippen LogP contribution in [0.2, 0.25) is 0 Å². The zero-order chi connectivity index (χ0) is 16.9. The number of aromatic nitrogens is 1. The fourth-order valence-electron chi connectivity index (χ4n) is 2.08. The molecule has 122 valence electrons. The van der Waals surface area contributed by atoms with Gasteiger partial charge in [-0.25, -0.2) is 0 Å². The molecule has 0 saturated heterocycles. The van der Waals surface area contributed by atoms with E-state index in [9.17, 15) is 13.6 Å². The van der Waals surface area contributed by atoms with E-state index in [0.717, 1.165) is 5.56 Å². The van der Waals surface area contributed by atoms with Crippen LogP contribution in [-0.2, 0) is 0 Å². The van der Waals surface area contributed by atoms with Crippen LogP contribution < -0.4 is 10.1 Å². The minimum atomic E-state index is -2.99. The van der Waals surface area contributed by atoms with Crippen LogP contribution in [0.4, 0.5) is 14.5 Å². The van der Waals surface area contributed by atoms with E-state index >= 15 is 0 Å². The summed E-state index contributed by atoms with van der Waals surface area (Å²) in [6, 6.07) is 16.5. The van der Waals surface area contributed by atoms with E-state index in [0.29, 0.717) is 5.76 Å². The second-order valence-electron chi connectivity index (χ2n) is 4.77. The van der Waals surface area contributed by atoms with E-state index in [1.165, 1.54) is 24.3 Å². The van der Waals surface area contributed by atoms with Gasteiger partial charge in [0.2, 0.25) is 0 Å². The number of anilines is 1. The van der Waals surface area contributed by atoms with Gasteiger partial charge in [-0.05, 0) is 12.1 Å². The van der Waals surface area contributed by atoms with Gasteiger partial charge in [0.15, 0.2) is 11.5 Å². The highest BCUT2D eigenvalue weighted by molar-refractivity contribution is 6.04. The van der Waals surface area contributed by atoms with Crippen LogP contribution in [0.3, 0.4) is 0 Å². The summed E-state index contributed by atoms with van der Waals surface area (Å²) in [5.74, 6) is -0.295. The minimum Gasteiger partial charge on any atom is -0.433 e. The maximum Gasteiger partial charge on any atom is 0.387 e. The summed E-state index contributed by atoms with van der Waals surface area (Å²) in [6.45, 7) is -2.99. The van der Waals surface area contributed by atoms with E-state index < -0.39 is 12.5 Å². The molecule has 2 aromatic carbocycles. The van der Waals surface area contributed by atoms with E-state index in [1.807, 2.05) is 30.3 Å². The molecule has 0 aliphatic rings. The molecule has 0 unspecified atom stereocenters. The number of halogens is 2. The highest BCUT2D eigenvalue weighted by Crippen LogP contribution is 2.26. The van der Waals surface area contributed by atoms with E-state index in [-0.39, 0.29) is 17.1 Å². The van der Waals surface area contributed by atoms with Gasteiger partial charge in [0.1, 0.15) is 5.75 Å². The van der Waals surface area contributed by atoms with Gasteiger partial charge in [-0.3, -0.25) is 4.79 Å². The molecule has 0 spiro atoms. The van der Waals surface area contributed by atoms with Crippen molar-refractivity contribution in [3.05, 3.63) is 66.4 Å². The third-order valence-electron chi connectivity index (χ3n) is 3.15. The first kappa shape index (κ1) is 15.7. The van der Waals surface area contributed by atoms with Gasteiger partial charge < -0.3 is 14.6 Å². The first-order valence-electron chi connectivity index (χ1n) is 7.01. The maximum atomic E-state index is 12.4. The maximum absolute atomic E-state index is 12.4. The largest absolute Gasteiger partial charge is 0.433 e. The number of amides is 1. The Bertz CT molecular complexity index is 835. The molecule has 7 heteroatoms. The third-order valence-corrected chi connectivity index (χ3v) is 3.15. The molecular formula is C17H12F2N2O3. The summed E-state index contributed by atoms with van der Waals surface area (Å²) in [5, 5.41) is 6.18. The first-order chi connectivity index (χ1) is 11.6. The molecule has 1 aromatic heterocycles. The van der Waals surface area contributed by atoms with Crippen molar-refractivity contribution in [3.8, 4) is 17.1 Å². The SMILES string of the molecule is O=C(Nc1ccccc1OC(F)F)c1cc(-c2ccccc2)on1. The Hall–Kier alpha value is -3.22. The quantitative estimate of drug-likeness (QED) is 0.761. The highest BCUT2D eigenvalue weighted by Gasteiger charge is 2.16. The van der Waals surface area contributed by atoms with E-state index in [2.05, 4.69) is 15.2 Å². The van der Waals surface area contributed by atoms with Gasteiger partial charge >= 0.3 is 6.61 Å². The van der Waals surface area contributed by atoms with E-state index in [1.54, 1.807) is 6.07 Å². The fourth-order valence-corrected chi connectivity index (χ4v) is 2.08. The Balaban J connectivity index is 1.78. The monoisotopic (exact) mass is 330 g/mol. The lowest BCUT2D eigenvalue weighted by Gasteiger charge is -2.10. The zero-order valence-electron chi connectivity index (χ0n) is 12.3. The predicted octanol–water partition coefficient (Wildman–Crippen LogP) is 4.20. The van der Waals surface area contributed by atoms with Crippen molar-refractivity contribution in [2.24, 2.45) is 0 Å². The Labute approximate surface area is 135 Å². The lowest BCUT2D eigenvalue weighted by atomic mass is 10.1. The second kappa shape index (κ2) is 6.91. The second-order valence-corrected chi connectivity index (χ2v) is 4.77. The average molecular weight is 330 g/mol. The van der Waals surface area contributed by atoms with Crippen molar-refractivity contribution >= 4 is 11.6 Å². The molecule has 5 nitrogen and oxygen atoms in total. The Morgan fingerprint density at radius 3 is 2.54 bits per heavy atom. The van der Waals surface area contributed by atoms with E-state index in [4.69, 9.17) is 4.52 Å². The van der Waals surface area contributed by atoms with Crippen LogP contribution >= 0.6 is 0 Å². The molecule has 0 bridgehead atoms. The summed E-state index contributed by atoms with van der Waals surface area (Å²) < 4.78 is 34.3. The van der Waals surface area contributed by atoms with Crippen molar-refractivity contribution in [2.75, 3.05) is 5.32 Å². The standard InChI is InChI=1S/C17H12F2N2O3/c18-17(19)23-14-9-5-4-8-12(14)20-16(22)13-10-15(24-21-13)11-6-2-1-3-7-11/h1-10,17H,(H,20,22). The number of benzene rings is 2. The van der Waals surface area contributed by atoms with Crippen molar-refractivity contribution in [2.45, 2.75) is 6.61 Å². The zero-order valence-corrected chi connectivity index (χ0v) is 12.3. The van der Waals surface area contributed by atoms with Gasteiger partial charge in [-0.2, -0.15) is 8.78 Å². The summed E-state index contributed by atoms with van der Waals surface area (Å²) in [6.07, 6.45) is 0. The van der Waals surface area contributed by atoms with Gasteiger partial charge in [0.05, 0.1) is 5.69 Å². The van der Waals surface area contributed by atoms with Crippen LogP contribution in [0.1, 0.15) is 10.5 Å². The molecule has 24 heavy (non-hydrogen) atoms. The molecule has 1 N–H and O–H groups in total. The molecule has 0 fully saturated rings. The molecule has 1 amide bonds. The normalized spacial score (nSPS) is 10.6. The summed E-state index contributed by atoms with van der Waals surface area (Å²) in [7, 11) is 0. The van der Waals surface area contributed by atoms with Crippen molar-refractivity contribution in [1.29, 1.82) is 0 Å². The number of ether oxygens (including phenoxy) is 1. The smallest absolute Gasteiger partial charge is 0.387 e. The molecular weight excluding hydrogens is 318 g/mol. The fraction of sp³-hybridized carbons (Fsp3) is 0.0588.